The number of pyridine rings is 1. The Morgan fingerprint density at radius 2 is 1.62 bits per heavy atom. The van der Waals surface area contributed by atoms with E-state index < -0.39 is 17.5 Å². The number of aromatic nitrogens is 1. The zero-order valence-electron chi connectivity index (χ0n) is 13.1. The van der Waals surface area contributed by atoms with Crippen molar-refractivity contribution in [1.29, 1.82) is 0 Å². The average Bonchev–Trinajstić information content (AvgIpc) is 2.61. The highest BCUT2D eigenvalue weighted by atomic mass is 35.5. The number of carbonyl (C=O) groups is 1. The number of amides is 1. The van der Waals surface area contributed by atoms with Gasteiger partial charge in [-0.2, -0.15) is 0 Å². The van der Waals surface area contributed by atoms with Gasteiger partial charge in [-0.3, -0.25) is 9.78 Å². The third kappa shape index (κ3) is 4.28. The van der Waals surface area contributed by atoms with Crippen molar-refractivity contribution in [2.75, 3.05) is 10.6 Å². The molecule has 0 saturated heterocycles. The molecule has 26 heavy (non-hydrogen) atoms. The fraction of sp³-hybridized carbons (Fsp3) is 0. The van der Waals surface area contributed by atoms with E-state index in [0.29, 0.717) is 27.1 Å². The third-order valence-corrected chi connectivity index (χ3v) is 4.13. The van der Waals surface area contributed by atoms with Gasteiger partial charge in [-0.15, -0.1) is 0 Å². The van der Waals surface area contributed by atoms with E-state index >= 15 is 0 Å². The van der Waals surface area contributed by atoms with Gasteiger partial charge in [0, 0.05) is 23.6 Å². The lowest BCUT2D eigenvalue weighted by molar-refractivity contribution is 0.102. The molecule has 0 aliphatic rings. The Hall–Kier alpha value is -2.70. The summed E-state index contributed by atoms with van der Waals surface area (Å²) in [7, 11) is 0. The second-order valence-electron chi connectivity index (χ2n) is 5.30. The van der Waals surface area contributed by atoms with E-state index in [1.807, 2.05) is 0 Å². The van der Waals surface area contributed by atoms with Crippen LogP contribution in [0.5, 0.6) is 0 Å². The van der Waals surface area contributed by atoms with Crippen LogP contribution in [0.1, 0.15) is 10.4 Å². The standard InChI is InChI=1S/C18H11Cl2F2N3O/c19-14-3-1-11(6-15(14)20)25-18(26)10-5-13(9-23-8-10)24-12-2-4-16(21)17(22)7-12/h1-9,24H,(H,25,26). The molecule has 0 radical (unpaired) electrons. The molecule has 0 bridgehead atoms. The molecule has 2 N–H and O–H groups in total. The van der Waals surface area contributed by atoms with Crippen LogP contribution >= 0.6 is 23.2 Å². The highest BCUT2D eigenvalue weighted by molar-refractivity contribution is 6.42. The highest BCUT2D eigenvalue weighted by Crippen LogP contribution is 2.25. The second-order valence-corrected chi connectivity index (χ2v) is 6.11. The molecule has 0 aliphatic carbocycles. The molecule has 4 nitrogen and oxygen atoms in total. The van der Waals surface area contributed by atoms with Gasteiger partial charge >= 0.3 is 0 Å². The Morgan fingerprint density at radius 3 is 2.35 bits per heavy atom. The van der Waals surface area contributed by atoms with Crippen molar-refractivity contribution in [3.05, 3.63) is 82.1 Å². The van der Waals surface area contributed by atoms with E-state index in [1.165, 1.54) is 30.6 Å². The molecule has 1 aromatic heterocycles. The van der Waals surface area contributed by atoms with Gasteiger partial charge in [0.1, 0.15) is 0 Å². The van der Waals surface area contributed by atoms with E-state index in [2.05, 4.69) is 15.6 Å². The van der Waals surface area contributed by atoms with E-state index in [-0.39, 0.29) is 5.56 Å². The van der Waals surface area contributed by atoms with E-state index in [4.69, 9.17) is 23.2 Å². The van der Waals surface area contributed by atoms with E-state index in [0.717, 1.165) is 12.1 Å². The third-order valence-electron chi connectivity index (χ3n) is 3.39. The Bertz CT molecular complexity index is 982. The lowest BCUT2D eigenvalue weighted by Crippen LogP contribution is -2.12. The number of carbonyl (C=O) groups excluding carboxylic acids is 1. The Balaban J connectivity index is 1.76. The number of hydrogen-bond acceptors (Lipinski definition) is 3. The molecule has 3 rings (SSSR count). The van der Waals surface area contributed by atoms with Crippen LogP contribution in [0.4, 0.5) is 25.8 Å². The molecule has 1 heterocycles. The van der Waals surface area contributed by atoms with Crippen LogP contribution in [0.15, 0.2) is 54.9 Å². The van der Waals surface area contributed by atoms with Gasteiger partial charge in [-0.05, 0) is 36.4 Å². The number of benzene rings is 2. The van der Waals surface area contributed by atoms with Crippen LogP contribution in [0.2, 0.25) is 10.0 Å². The topological polar surface area (TPSA) is 54.0 Å². The molecule has 2 aromatic carbocycles. The minimum atomic E-state index is -0.975. The van der Waals surface area contributed by atoms with Crippen molar-refractivity contribution in [2.24, 2.45) is 0 Å². The smallest absolute Gasteiger partial charge is 0.257 e. The van der Waals surface area contributed by atoms with Gasteiger partial charge in [0.2, 0.25) is 0 Å². The zero-order chi connectivity index (χ0) is 18.7. The molecule has 0 unspecified atom stereocenters. The van der Waals surface area contributed by atoms with Gasteiger partial charge in [0.05, 0.1) is 27.5 Å². The number of nitrogens with zero attached hydrogens (tertiary/aromatic N) is 1. The van der Waals surface area contributed by atoms with Crippen LogP contribution < -0.4 is 10.6 Å². The summed E-state index contributed by atoms with van der Waals surface area (Å²) >= 11 is 11.8. The molecule has 0 aliphatic heterocycles. The average molecular weight is 394 g/mol. The molecule has 1 amide bonds. The first-order chi connectivity index (χ1) is 12.4. The molecular formula is C18H11Cl2F2N3O. The lowest BCUT2D eigenvalue weighted by atomic mass is 10.2. The molecule has 0 saturated carbocycles. The quantitative estimate of drug-likeness (QED) is 0.600. The fourth-order valence-electron chi connectivity index (χ4n) is 2.15. The van der Waals surface area contributed by atoms with Crippen molar-refractivity contribution >= 4 is 46.2 Å². The maximum Gasteiger partial charge on any atom is 0.257 e. The van der Waals surface area contributed by atoms with Crippen LogP contribution in [-0.4, -0.2) is 10.9 Å². The molecule has 0 spiro atoms. The molecule has 8 heteroatoms. The van der Waals surface area contributed by atoms with Gasteiger partial charge in [-0.1, -0.05) is 23.2 Å². The summed E-state index contributed by atoms with van der Waals surface area (Å²) < 4.78 is 26.3. The summed E-state index contributed by atoms with van der Waals surface area (Å²) in [5.74, 6) is -2.33. The predicted molar refractivity (Wildman–Crippen MR) is 98.3 cm³/mol. The van der Waals surface area contributed by atoms with Gasteiger partial charge < -0.3 is 10.6 Å². The van der Waals surface area contributed by atoms with Gasteiger partial charge in [0.25, 0.3) is 5.91 Å². The highest BCUT2D eigenvalue weighted by Gasteiger charge is 2.10. The van der Waals surface area contributed by atoms with Gasteiger partial charge in [-0.25, -0.2) is 8.78 Å². The first-order valence-corrected chi connectivity index (χ1v) is 8.11. The van der Waals surface area contributed by atoms with Crippen molar-refractivity contribution < 1.29 is 13.6 Å². The van der Waals surface area contributed by atoms with Crippen LogP contribution in [0, 0.1) is 11.6 Å². The van der Waals surface area contributed by atoms with Crippen molar-refractivity contribution in [1.82, 2.24) is 4.98 Å². The van der Waals surface area contributed by atoms with Crippen molar-refractivity contribution in [2.45, 2.75) is 0 Å². The molecule has 132 valence electrons. The van der Waals surface area contributed by atoms with Crippen LogP contribution in [0.3, 0.4) is 0 Å². The second kappa shape index (κ2) is 7.68. The maximum atomic E-state index is 13.3. The van der Waals surface area contributed by atoms with Crippen molar-refractivity contribution in [3.63, 3.8) is 0 Å². The summed E-state index contributed by atoms with van der Waals surface area (Å²) in [6, 6.07) is 9.63. The first kappa shape index (κ1) is 18.1. The predicted octanol–water partition coefficient (Wildman–Crippen LogP) is 5.66. The Labute approximate surface area is 157 Å². The summed E-state index contributed by atoms with van der Waals surface area (Å²) in [5.41, 5.74) is 1.51. The Kier molecular flexibility index (Phi) is 5.35. The minimum Gasteiger partial charge on any atom is -0.354 e. The molecule has 0 atom stereocenters. The minimum absolute atomic E-state index is 0.267. The van der Waals surface area contributed by atoms with Crippen molar-refractivity contribution in [3.8, 4) is 0 Å². The number of nitrogens with one attached hydrogen (secondary N) is 2. The maximum absolute atomic E-state index is 13.3. The summed E-state index contributed by atoms with van der Waals surface area (Å²) in [4.78, 5) is 16.3. The largest absolute Gasteiger partial charge is 0.354 e. The first-order valence-electron chi connectivity index (χ1n) is 7.36. The summed E-state index contributed by atoms with van der Waals surface area (Å²) in [5, 5.41) is 6.23. The lowest BCUT2D eigenvalue weighted by Gasteiger charge is -2.09. The summed E-state index contributed by atoms with van der Waals surface area (Å²) in [6.45, 7) is 0. The Morgan fingerprint density at radius 1 is 0.846 bits per heavy atom. The van der Waals surface area contributed by atoms with Crippen LogP contribution in [0.25, 0.3) is 0 Å². The van der Waals surface area contributed by atoms with E-state index in [1.54, 1.807) is 12.1 Å². The number of anilines is 3. The molecular weight excluding hydrogens is 383 g/mol. The normalized spacial score (nSPS) is 10.5. The number of rotatable bonds is 4. The van der Waals surface area contributed by atoms with Gasteiger partial charge in [0.15, 0.2) is 11.6 Å². The SMILES string of the molecule is O=C(Nc1ccc(Cl)c(Cl)c1)c1cncc(Nc2ccc(F)c(F)c2)c1. The van der Waals surface area contributed by atoms with E-state index in [9.17, 15) is 13.6 Å². The molecule has 0 fully saturated rings. The fourth-order valence-corrected chi connectivity index (χ4v) is 2.45. The summed E-state index contributed by atoms with van der Waals surface area (Å²) in [6.07, 6.45) is 2.83. The zero-order valence-corrected chi connectivity index (χ0v) is 14.6. The number of hydrogen-bond donors (Lipinski definition) is 2. The number of halogens is 4. The monoisotopic (exact) mass is 393 g/mol. The van der Waals surface area contributed by atoms with Crippen LogP contribution in [-0.2, 0) is 0 Å². The molecule has 3 aromatic rings.